The highest BCUT2D eigenvalue weighted by Gasteiger charge is 2.35. The molecule has 4 N–H and O–H groups in total. The van der Waals surface area contributed by atoms with Gasteiger partial charge in [0, 0.05) is 15.9 Å². The van der Waals surface area contributed by atoms with Gasteiger partial charge in [-0.3, -0.25) is 0 Å². The third-order valence-corrected chi connectivity index (χ3v) is 8.02. The molecule has 34 heavy (non-hydrogen) atoms. The van der Waals surface area contributed by atoms with E-state index in [0.29, 0.717) is 0 Å². The van der Waals surface area contributed by atoms with Crippen molar-refractivity contribution in [1.29, 1.82) is 0 Å². The second-order valence-electron chi connectivity index (χ2n) is 9.65. The van der Waals surface area contributed by atoms with Crippen molar-refractivity contribution in [2.45, 2.75) is 71.1 Å². The summed E-state index contributed by atoms with van der Waals surface area (Å²) in [5.41, 5.74) is 9.61. The van der Waals surface area contributed by atoms with E-state index < -0.39 is 11.9 Å². The van der Waals surface area contributed by atoms with Gasteiger partial charge in [-0.05, 0) is 116 Å². The molecule has 0 unspecified atom stereocenters. The van der Waals surface area contributed by atoms with Crippen molar-refractivity contribution >= 4 is 27.9 Å². The number of hydrogen-bond acceptors (Lipinski definition) is 2. The maximum absolute atomic E-state index is 12.2. The summed E-state index contributed by atoms with van der Waals surface area (Å²) in [6.45, 7) is 4.14. The molecule has 3 aromatic rings. The van der Waals surface area contributed by atoms with Crippen molar-refractivity contribution < 1.29 is 19.8 Å². The van der Waals surface area contributed by atoms with Crippen molar-refractivity contribution in [2.24, 2.45) is 0 Å². The highest BCUT2D eigenvalue weighted by atomic mass is 79.9. The molecule has 0 radical (unpaired) electrons. The van der Waals surface area contributed by atoms with Gasteiger partial charge in [0.25, 0.3) is 0 Å². The summed E-state index contributed by atoms with van der Waals surface area (Å²) >= 11 is 3.60. The molecule has 0 atom stereocenters. The summed E-state index contributed by atoms with van der Waals surface area (Å²) in [6, 6.07) is 4.16. The van der Waals surface area contributed by atoms with Crippen LogP contribution in [-0.2, 0) is 25.7 Å². The number of carboxylic acids is 2. The lowest BCUT2D eigenvalue weighted by molar-refractivity contribution is 0.0679. The predicted octanol–water partition coefficient (Wildman–Crippen LogP) is 6.06. The minimum Gasteiger partial charge on any atom is -0.477 e. The molecule has 0 bridgehead atoms. The van der Waals surface area contributed by atoms with E-state index in [1.54, 1.807) is 0 Å². The van der Waals surface area contributed by atoms with Crippen LogP contribution in [0.2, 0.25) is 0 Å². The third kappa shape index (κ3) is 3.70. The SMILES string of the molecule is Cc1cc(Br)cc(C)c1C(c1[nH]c(C(=O)O)c2c1CCCC2)c1[nH]c(C(=O)O)c2c1CCCC2. The van der Waals surface area contributed by atoms with Gasteiger partial charge in [-0.25, -0.2) is 9.59 Å². The van der Waals surface area contributed by atoms with E-state index in [-0.39, 0.29) is 17.3 Å². The number of carboxylic acid groups (broad SMARTS) is 2. The molecule has 0 aliphatic heterocycles. The molecular formula is C27H29BrN2O4. The van der Waals surface area contributed by atoms with E-state index in [2.05, 4.69) is 51.9 Å². The molecule has 0 amide bonds. The molecule has 2 heterocycles. The molecule has 2 aliphatic rings. The minimum atomic E-state index is -0.938. The largest absolute Gasteiger partial charge is 0.477 e. The Morgan fingerprint density at radius 2 is 1.15 bits per heavy atom. The van der Waals surface area contributed by atoms with E-state index in [1.165, 1.54) is 0 Å². The lowest BCUT2D eigenvalue weighted by atomic mass is 9.79. The Bertz CT molecular complexity index is 1220. The first-order valence-electron chi connectivity index (χ1n) is 12.0. The zero-order valence-corrected chi connectivity index (χ0v) is 21.1. The van der Waals surface area contributed by atoms with Gasteiger partial charge in [0.15, 0.2) is 0 Å². The van der Waals surface area contributed by atoms with Crippen molar-refractivity contribution in [2.75, 3.05) is 0 Å². The zero-order chi connectivity index (χ0) is 24.1. The molecule has 0 saturated heterocycles. The van der Waals surface area contributed by atoms with E-state index in [4.69, 9.17) is 0 Å². The number of aromatic nitrogens is 2. The number of rotatable bonds is 5. The van der Waals surface area contributed by atoms with Crippen molar-refractivity contribution in [3.8, 4) is 0 Å². The number of aromatic amines is 2. The van der Waals surface area contributed by atoms with Crippen LogP contribution in [-0.4, -0.2) is 32.1 Å². The molecule has 0 spiro atoms. The van der Waals surface area contributed by atoms with Crippen LogP contribution in [0.25, 0.3) is 0 Å². The Balaban J connectivity index is 1.84. The van der Waals surface area contributed by atoms with Crippen LogP contribution < -0.4 is 0 Å². The molecule has 6 nitrogen and oxygen atoms in total. The van der Waals surface area contributed by atoms with E-state index in [0.717, 1.165) is 106 Å². The molecule has 2 aromatic heterocycles. The summed E-state index contributed by atoms with van der Waals surface area (Å²) < 4.78 is 0.990. The summed E-state index contributed by atoms with van der Waals surface area (Å²) in [5, 5.41) is 19.9. The number of halogens is 1. The molecule has 0 fully saturated rings. The minimum absolute atomic E-state index is 0.279. The van der Waals surface area contributed by atoms with Gasteiger partial charge in [-0.1, -0.05) is 15.9 Å². The molecule has 2 aliphatic carbocycles. The first-order valence-corrected chi connectivity index (χ1v) is 12.8. The lowest BCUT2D eigenvalue weighted by Gasteiger charge is -2.26. The maximum Gasteiger partial charge on any atom is 0.352 e. The number of benzene rings is 1. The summed E-state index contributed by atoms with van der Waals surface area (Å²) in [5.74, 6) is -2.16. The third-order valence-electron chi connectivity index (χ3n) is 7.56. The quantitative estimate of drug-likeness (QED) is 0.325. The van der Waals surface area contributed by atoms with Crippen LogP contribution >= 0.6 is 15.9 Å². The van der Waals surface area contributed by atoms with Crippen LogP contribution in [0.1, 0.15) is 103 Å². The molecule has 7 heteroatoms. The summed E-state index contributed by atoms with van der Waals surface area (Å²) in [7, 11) is 0. The number of hydrogen-bond donors (Lipinski definition) is 4. The highest BCUT2D eigenvalue weighted by molar-refractivity contribution is 9.10. The molecule has 0 saturated carbocycles. The van der Waals surface area contributed by atoms with Crippen LogP contribution in [0.15, 0.2) is 16.6 Å². The van der Waals surface area contributed by atoms with Gasteiger partial charge < -0.3 is 20.2 Å². The standard InChI is InChI=1S/C27H29BrN2O4/c1-13-11-15(28)12-14(2)20(13)21(22-16-7-3-5-9-18(16)24(29-22)26(31)32)23-17-8-4-6-10-19(17)25(30-23)27(33)34/h11-12,21,29-30H,3-10H2,1-2H3,(H,31,32)(H,33,34). The lowest BCUT2D eigenvalue weighted by Crippen LogP contribution is -2.14. The van der Waals surface area contributed by atoms with Crippen molar-refractivity contribution in [3.05, 3.63) is 78.3 Å². The van der Waals surface area contributed by atoms with E-state index >= 15 is 0 Å². The smallest absolute Gasteiger partial charge is 0.352 e. The van der Waals surface area contributed by atoms with Crippen LogP contribution in [0.5, 0.6) is 0 Å². The number of aryl methyl sites for hydroxylation is 2. The number of carbonyl (C=O) groups is 2. The topological polar surface area (TPSA) is 106 Å². The van der Waals surface area contributed by atoms with Gasteiger partial charge in [0.1, 0.15) is 11.4 Å². The number of fused-ring (bicyclic) bond motifs is 2. The van der Waals surface area contributed by atoms with Crippen LogP contribution in [0.3, 0.4) is 0 Å². The van der Waals surface area contributed by atoms with E-state index in [1.807, 2.05) is 0 Å². The van der Waals surface area contributed by atoms with Crippen LogP contribution in [0, 0.1) is 13.8 Å². The Kier molecular flexibility index (Phi) is 5.92. The number of nitrogens with one attached hydrogen (secondary N) is 2. The average Bonchev–Trinajstić information content (AvgIpc) is 3.36. The predicted molar refractivity (Wildman–Crippen MR) is 133 cm³/mol. The van der Waals surface area contributed by atoms with Gasteiger partial charge in [-0.15, -0.1) is 0 Å². The van der Waals surface area contributed by atoms with E-state index in [9.17, 15) is 19.8 Å². The Morgan fingerprint density at radius 3 is 1.53 bits per heavy atom. The summed E-state index contributed by atoms with van der Waals surface area (Å²) in [6.07, 6.45) is 7.15. The van der Waals surface area contributed by atoms with Crippen molar-refractivity contribution in [1.82, 2.24) is 9.97 Å². The Hall–Kier alpha value is -2.80. The molecule has 1 aromatic carbocycles. The van der Waals surface area contributed by atoms with Gasteiger partial charge in [-0.2, -0.15) is 0 Å². The highest BCUT2D eigenvalue weighted by Crippen LogP contribution is 2.44. The molecular weight excluding hydrogens is 496 g/mol. The molecule has 178 valence electrons. The number of H-pyrrole nitrogens is 2. The zero-order valence-electron chi connectivity index (χ0n) is 19.5. The fraction of sp³-hybridized carbons (Fsp3) is 0.407. The first-order chi connectivity index (χ1) is 16.3. The van der Waals surface area contributed by atoms with Crippen molar-refractivity contribution in [3.63, 3.8) is 0 Å². The average molecular weight is 525 g/mol. The van der Waals surface area contributed by atoms with Gasteiger partial charge in [0.05, 0.1) is 5.92 Å². The maximum atomic E-state index is 12.2. The molecule has 5 rings (SSSR count). The van der Waals surface area contributed by atoms with Gasteiger partial charge >= 0.3 is 11.9 Å². The monoisotopic (exact) mass is 524 g/mol. The Labute approximate surface area is 206 Å². The van der Waals surface area contributed by atoms with Gasteiger partial charge in [0.2, 0.25) is 0 Å². The van der Waals surface area contributed by atoms with Crippen LogP contribution in [0.4, 0.5) is 0 Å². The second kappa shape index (κ2) is 8.77. The summed E-state index contributed by atoms with van der Waals surface area (Å²) in [4.78, 5) is 31.0. The second-order valence-corrected chi connectivity index (χ2v) is 10.6. The first kappa shape index (κ1) is 23.0. The normalized spacial score (nSPS) is 15.3. The fourth-order valence-corrected chi connectivity index (χ4v) is 6.88. The Morgan fingerprint density at radius 1 is 0.765 bits per heavy atom. The fourth-order valence-electron chi connectivity index (χ4n) is 6.20. The number of aromatic carboxylic acids is 2.